The van der Waals surface area contributed by atoms with Crippen LogP contribution in [0.1, 0.15) is 6.42 Å². The summed E-state index contributed by atoms with van der Waals surface area (Å²) in [4.78, 5) is 26.1. The fraction of sp³-hybridized carbons (Fsp3) is 0.800. The fourth-order valence-corrected chi connectivity index (χ4v) is 1.68. The Kier molecular flexibility index (Phi) is 5.17. The number of carbonyl (C=O) groups excluding carboxylic acids is 1. The number of nitrogens with one attached hydrogen (secondary N) is 1. The third-order valence-corrected chi connectivity index (χ3v) is 2.79. The Labute approximate surface area is 100.0 Å². The molecule has 1 atom stereocenters. The van der Waals surface area contributed by atoms with E-state index in [0.717, 1.165) is 19.5 Å². The number of rotatable bonds is 3. The average molecular weight is 245 g/mol. The summed E-state index contributed by atoms with van der Waals surface area (Å²) in [5, 5.41) is 19.8. The van der Waals surface area contributed by atoms with E-state index in [1.807, 2.05) is 7.05 Å². The Morgan fingerprint density at radius 2 is 2.00 bits per heavy atom. The van der Waals surface area contributed by atoms with E-state index < -0.39 is 24.6 Å². The summed E-state index contributed by atoms with van der Waals surface area (Å²) < 4.78 is 0. The average Bonchev–Trinajstić information content (AvgIpc) is 2.50. The molecule has 0 bridgehead atoms. The molecule has 0 aromatic rings. The molecular formula is C10H19N3O4. The summed E-state index contributed by atoms with van der Waals surface area (Å²) in [5.41, 5.74) is 0. The van der Waals surface area contributed by atoms with Gasteiger partial charge in [-0.2, -0.15) is 0 Å². The zero-order valence-corrected chi connectivity index (χ0v) is 9.93. The van der Waals surface area contributed by atoms with Gasteiger partial charge in [0.05, 0.1) is 6.61 Å². The summed E-state index contributed by atoms with van der Waals surface area (Å²) in [7, 11) is 1.98. The molecular weight excluding hydrogens is 226 g/mol. The second kappa shape index (κ2) is 6.41. The van der Waals surface area contributed by atoms with Crippen molar-refractivity contribution >= 4 is 12.0 Å². The number of aliphatic hydroxyl groups excluding tert-OH is 1. The lowest BCUT2D eigenvalue weighted by Gasteiger charge is -2.22. The van der Waals surface area contributed by atoms with Gasteiger partial charge in [0, 0.05) is 19.6 Å². The molecule has 1 aliphatic rings. The smallest absolute Gasteiger partial charge is 0.328 e. The number of nitrogens with zero attached hydrogens (tertiary/aromatic N) is 2. The highest BCUT2D eigenvalue weighted by molar-refractivity contribution is 5.82. The summed E-state index contributed by atoms with van der Waals surface area (Å²) >= 11 is 0. The molecule has 0 spiro atoms. The van der Waals surface area contributed by atoms with Crippen molar-refractivity contribution < 1.29 is 19.8 Å². The standard InChI is InChI=1S/C10H19N3O4/c1-12-3-2-4-13(6-5-12)10(17)11-8(7-14)9(15)16/h8,14H,2-7H2,1H3,(H,11,17)(H,15,16)/t8-/m0/s1. The van der Waals surface area contributed by atoms with Crippen LogP contribution in [0.3, 0.4) is 0 Å². The molecule has 1 saturated heterocycles. The molecule has 2 amide bonds. The largest absolute Gasteiger partial charge is 0.480 e. The summed E-state index contributed by atoms with van der Waals surface area (Å²) in [6, 6.07) is -1.66. The van der Waals surface area contributed by atoms with Crippen LogP contribution in [0.25, 0.3) is 0 Å². The van der Waals surface area contributed by atoms with Gasteiger partial charge in [-0.25, -0.2) is 9.59 Å². The molecule has 7 heteroatoms. The van der Waals surface area contributed by atoms with Crippen LogP contribution < -0.4 is 5.32 Å². The molecule has 0 aliphatic carbocycles. The highest BCUT2D eigenvalue weighted by Gasteiger charge is 2.23. The minimum absolute atomic E-state index is 0.429. The summed E-state index contributed by atoms with van der Waals surface area (Å²) in [6.45, 7) is 2.26. The Morgan fingerprint density at radius 1 is 1.29 bits per heavy atom. The van der Waals surface area contributed by atoms with E-state index in [9.17, 15) is 9.59 Å². The van der Waals surface area contributed by atoms with Gasteiger partial charge in [-0.1, -0.05) is 0 Å². The van der Waals surface area contributed by atoms with Gasteiger partial charge in [0.15, 0.2) is 6.04 Å². The Bertz CT molecular complexity index is 285. The van der Waals surface area contributed by atoms with Crippen LogP contribution in [0.4, 0.5) is 4.79 Å². The number of aliphatic carboxylic acids is 1. The Balaban J connectivity index is 2.48. The van der Waals surface area contributed by atoms with Gasteiger partial charge in [0.2, 0.25) is 0 Å². The fourth-order valence-electron chi connectivity index (χ4n) is 1.68. The summed E-state index contributed by atoms with van der Waals surface area (Å²) in [5.74, 6) is -1.23. The number of amides is 2. The topological polar surface area (TPSA) is 93.1 Å². The van der Waals surface area contributed by atoms with E-state index >= 15 is 0 Å². The van der Waals surface area contributed by atoms with E-state index in [1.165, 1.54) is 0 Å². The van der Waals surface area contributed by atoms with Crippen LogP contribution in [-0.2, 0) is 4.79 Å². The molecule has 0 saturated carbocycles. The monoisotopic (exact) mass is 245 g/mol. The zero-order valence-electron chi connectivity index (χ0n) is 9.93. The number of aliphatic hydroxyl groups is 1. The normalized spacial score (nSPS) is 19.5. The Morgan fingerprint density at radius 3 is 2.59 bits per heavy atom. The lowest BCUT2D eigenvalue weighted by molar-refractivity contribution is -0.140. The van der Waals surface area contributed by atoms with Crippen molar-refractivity contribution in [2.24, 2.45) is 0 Å². The molecule has 0 aromatic carbocycles. The number of hydrogen-bond acceptors (Lipinski definition) is 4. The quantitative estimate of drug-likeness (QED) is 0.579. The molecule has 1 aliphatic heterocycles. The van der Waals surface area contributed by atoms with E-state index in [0.29, 0.717) is 13.1 Å². The summed E-state index contributed by atoms with van der Waals surface area (Å²) in [6.07, 6.45) is 0.862. The third-order valence-electron chi connectivity index (χ3n) is 2.79. The molecule has 17 heavy (non-hydrogen) atoms. The van der Waals surface area contributed by atoms with Crippen molar-refractivity contribution in [2.75, 3.05) is 39.8 Å². The molecule has 0 aromatic heterocycles. The lowest BCUT2D eigenvalue weighted by Crippen LogP contribution is -2.50. The maximum absolute atomic E-state index is 11.8. The van der Waals surface area contributed by atoms with Crippen LogP contribution in [0.15, 0.2) is 0 Å². The van der Waals surface area contributed by atoms with Gasteiger partial charge < -0.3 is 25.3 Å². The minimum Gasteiger partial charge on any atom is -0.480 e. The van der Waals surface area contributed by atoms with Crippen LogP contribution in [0.2, 0.25) is 0 Å². The predicted octanol–water partition coefficient (Wildman–Crippen LogP) is -1.22. The number of carboxylic acids is 1. The van der Waals surface area contributed by atoms with Gasteiger partial charge in [-0.15, -0.1) is 0 Å². The second-order valence-corrected chi connectivity index (χ2v) is 4.17. The number of carboxylic acid groups (broad SMARTS) is 1. The van der Waals surface area contributed by atoms with Crippen molar-refractivity contribution in [3.8, 4) is 0 Å². The van der Waals surface area contributed by atoms with Crippen molar-refractivity contribution in [1.29, 1.82) is 0 Å². The number of hydrogen-bond donors (Lipinski definition) is 3. The first-order valence-corrected chi connectivity index (χ1v) is 5.62. The third kappa shape index (κ3) is 4.20. The van der Waals surface area contributed by atoms with Gasteiger partial charge >= 0.3 is 12.0 Å². The molecule has 98 valence electrons. The second-order valence-electron chi connectivity index (χ2n) is 4.17. The maximum Gasteiger partial charge on any atom is 0.328 e. The SMILES string of the molecule is CN1CCCN(C(=O)N[C@@H](CO)C(=O)O)CC1. The highest BCUT2D eigenvalue weighted by atomic mass is 16.4. The first-order chi connectivity index (χ1) is 8.04. The van der Waals surface area contributed by atoms with Crippen LogP contribution in [0.5, 0.6) is 0 Å². The number of likely N-dealkylation sites (N-methyl/N-ethyl adjacent to an activating group) is 1. The molecule has 3 N–H and O–H groups in total. The molecule has 7 nitrogen and oxygen atoms in total. The zero-order chi connectivity index (χ0) is 12.8. The number of carbonyl (C=O) groups is 2. The molecule has 1 heterocycles. The van der Waals surface area contributed by atoms with Crippen molar-refractivity contribution in [3.63, 3.8) is 0 Å². The van der Waals surface area contributed by atoms with Gasteiger partial charge in [-0.05, 0) is 20.0 Å². The first kappa shape index (κ1) is 13.7. The van der Waals surface area contributed by atoms with Crippen molar-refractivity contribution in [3.05, 3.63) is 0 Å². The maximum atomic E-state index is 11.8. The lowest BCUT2D eigenvalue weighted by atomic mass is 10.3. The van der Waals surface area contributed by atoms with Gasteiger partial charge in [-0.3, -0.25) is 0 Å². The predicted molar refractivity (Wildman–Crippen MR) is 60.7 cm³/mol. The Hall–Kier alpha value is -1.34. The van der Waals surface area contributed by atoms with Crippen molar-refractivity contribution in [2.45, 2.75) is 12.5 Å². The number of urea groups is 1. The minimum atomic E-state index is -1.23. The van der Waals surface area contributed by atoms with E-state index in [-0.39, 0.29) is 0 Å². The molecule has 1 fully saturated rings. The molecule has 0 radical (unpaired) electrons. The van der Waals surface area contributed by atoms with Gasteiger partial charge in [0.1, 0.15) is 0 Å². The van der Waals surface area contributed by atoms with Crippen LogP contribution >= 0.6 is 0 Å². The van der Waals surface area contributed by atoms with E-state index in [2.05, 4.69) is 10.2 Å². The van der Waals surface area contributed by atoms with Crippen LogP contribution in [0, 0.1) is 0 Å². The first-order valence-electron chi connectivity index (χ1n) is 5.62. The van der Waals surface area contributed by atoms with Crippen LogP contribution in [-0.4, -0.2) is 77.9 Å². The molecule has 1 rings (SSSR count). The highest BCUT2D eigenvalue weighted by Crippen LogP contribution is 2.01. The van der Waals surface area contributed by atoms with Gasteiger partial charge in [0.25, 0.3) is 0 Å². The van der Waals surface area contributed by atoms with E-state index in [1.54, 1.807) is 4.90 Å². The molecule has 0 unspecified atom stereocenters. The van der Waals surface area contributed by atoms with Crippen molar-refractivity contribution in [1.82, 2.24) is 15.1 Å². The van der Waals surface area contributed by atoms with E-state index in [4.69, 9.17) is 10.2 Å².